The molecule has 1 N–H and O–H groups in total. The van der Waals surface area contributed by atoms with Crippen molar-refractivity contribution in [2.45, 2.75) is 13.5 Å². The van der Waals surface area contributed by atoms with E-state index >= 15 is 0 Å². The fourth-order valence-corrected chi connectivity index (χ4v) is 2.43. The Morgan fingerprint density at radius 3 is 2.75 bits per heavy atom. The van der Waals surface area contributed by atoms with Gasteiger partial charge in [-0.25, -0.2) is 4.98 Å². The third-order valence-electron chi connectivity index (χ3n) is 2.76. The topological polar surface area (TPSA) is 41.1 Å². The first kappa shape index (κ1) is 14.9. The maximum Gasteiger partial charge on any atom is 0.149 e. The smallest absolute Gasteiger partial charge is 0.149 e. The van der Waals surface area contributed by atoms with Crippen LogP contribution in [-0.2, 0) is 6.54 Å². The van der Waals surface area contributed by atoms with Crippen molar-refractivity contribution < 1.29 is 0 Å². The maximum atomic E-state index is 6.23. The highest BCUT2D eigenvalue weighted by molar-refractivity contribution is 6.37. The summed E-state index contributed by atoms with van der Waals surface area (Å²) in [6, 6.07) is 5.63. The minimum atomic E-state index is 0.523. The van der Waals surface area contributed by atoms with Crippen LogP contribution < -0.4 is 10.2 Å². The van der Waals surface area contributed by atoms with E-state index in [1.54, 1.807) is 12.3 Å². The van der Waals surface area contributed by atoms with Crippen LogP contribution in [0.25, 0.3) is 0 Å². The molecule has 0 spiro atoms. The van der Waals surface area contributed by atoms with Crippen LogP contribution in [0.15, 0.2) is 30.6 Å². The van der Waals surface area contributed by atoms with Gasteiger partial charge in [0, 0.05) is 32.5 Å². The number of nitrogens with one attached hydrogen (secondary N) is 1. The van der Waals surface area contributed by atoms with Crippen LogP contribution in [-0.4, -0.2) is 23.6 Å². The van der Waals surface area contributed by atoms with Crippen LogP contribution in [0.2, 0.25) is 10.0 Å². The quantitative estimate of drug-likeness (QED) is 0.910. The molecule has 0 fully saturated rings. The van der Waals surface area contributed by atoms with E-state index in [0.717, 1.165) is 12.1 Å². The number of rotatable bonds is 5. The lowest BCUT2D eigenvalue weighted by Crippen LogP contribution is -2.19. The van der Waals surface area contributed by atoms with Gasteiger partial charge >= 0.3 is 0 Å². The second-order valence-corrected chi connectivity index (χ2v) is 5.19. The Kier molecular flexibility index (Phi) is 5.04. The van der Waals surface area contributed by atoms with Crippen LogP contribution in [0.4, 0.5) is 11.6 Å². The third kappa shape index (κ3) is 3.52. The van der Waals surface area contributed by atoms with Gasteiger partial charge in [-0.3, -0.25) is 4.98 Å². The molecule has 0 aromatic carbocycles. The molecule has 2 aromatic rings. The largest absolute Gasteiger partial charge is 0.369 e. The van der Waals surface area contributed by atoms with Crippen molar-refractivity contribution >= 4 is 34.8 Å². The molecule has 0 saturated heterocycles. The second-order valence-electron chi connectivity index (χ2n) is 4.37. The van der Waals surface area contributed by atoms with E-state index in [1.165, 1.54) is 0 Å². The Labute approximate surface area is 128 Å². The summed E-state index contributed by atoms with van der Waals surface area (Å²) in [5, 5.41) is 4.18. The summed E-state index contributed by atoms with van der Waals surface area (Å²) < 4.78 is 0. The molecule has 4 nitrogen and oxygen atoms in total. The van der Waals surface area contributed by atoms with Gasteiger partial charge in [-0.1, -0.05) is 29.3 Å². The summed E-state index contributed by atoms with van der Waals surface area (Å²) in [6.45, 7) is 3.42. The summed E-state index contributed by atoms with van der Waals surface area (Å²) in [4.78, 5) is 10.6. The van der Waals surface area contributed by atoms with Gasteiger partial charge in [0.05, 0.1) is 10.0 Å². The number of nitrogens with zero attached hydrogens (tertiary/aromatic N) is 3. The predicted molar refractivity (Wildman–Crippen MR) is 84.8 cm³/mol. The van der Waals surface area contributed by atoms with Gasteiger partial charge < -0.3 is 10.2 Å². The molecule has 0 unspecified atom stereocenters. The maximum absolute atomic E-state index is 6.23. The van der Waals surface area contributed by atoms with Crippen molar-refractivity contribution in [2.75, 3.05) is 23.8 Å². The fourth-order valence-electron chi connectivity index (χ4n) is 1.86. The Morgan fingerprint density at radius 1 is 1.30 bits per heavy atom. The average molecular weight is 311 g/mol. The molecule has 6 heteroatoms. The van der Waals surface area contributed by atoms with Crippen LogP contribution in [0, 0.1) is 0 Å². The number of hydrogen-bond acceptors (Lipinski definition) is 4. The van der Waals surface area contributed by atoms with Crippen molar-refractivity contribution in [3.63, 3.8) is 0 Å². The normalized spacial score (nSPS) is 10.4. The summed E-state index contributed by atoms with van der Waals surface area (Å²) >= 11 is 12.3. The summed E-state index contributed by atoms with van der Waals surface area (Å²) in [7, 11) is 1.94. The van der Waals surface area contributed by atoms with E-state index in [4.69, 9.17) is 23.2 Å². The number of aromatic nitrogens is 2. The van der Waals surface area contributed by atoms with Gasteiger partial charge in [0.2, 0.25) is 0 Å². The molecule has 0 amide bonds. The molecule has 2 heterocycles. The van der Waals surface area contributed by atoms with Gasteiger partial charge in [-0.15, -0.1) is 0 Å². The monoisotopic (exact) mass is 310 g/mol. The van der Waals surface area contributed by atoms with Gasteiger partial charge in [0.15, 0.2) is 0 Å². The van der Waals surface area contributed by atoms with E-state index in [1.807, 2.05) is 37.2 Å². The molecule has 0 aliphatic rings. The number of anilines is 2. The number of hydrogen-bond donors (Lipinski definition) is 1. The van der Waals surface area contributed by atoms with Gasteiger partial charge in [0.1, 0.15) is 11.6 Å². The van der Waals surface area contributed by atoms with E-state index in [9.17, 15) is 0 Å². The van der Waals surface area contributed by atoms with Crippen molar-refractivity contribution in [1.82, 2.24) is 9.97 Å². The highest BCUT2D eigenvalue weighted by Crippen LogP contribution is 2.31. The first-order valence-electron chi connectivity index (χ1n) is 6.31. The van der Waals surface area contributed by atoms with Gasteiger partial charge in [-0.2, -0.15) is 0 Å². The molecule has 2 aromatic heterocycles. The lowest BCUT2D eigenvalue weighted by molar-refractivity contribution is 0.891. The Morgan fingerprint density at radius 2 is 2.10 bits per heavy atom. The highest BCUT2D eigenvalue weighted by Gasteiger charge is 2.13. The first-order valence-corrected chi connectivity index (χ1v) is 7.07. The molecular formula is C14H16Cl2N4. The SMILES string of the molecule is CCNc1nc(N(C)Cc2cccnc2)c(Cl)cc1Cl. The zero-order valence-electron chi connectivity index (χ0n) is 11.4. The zero-order valence-corrected chi connectivity index (χ0v) is 12.9. The third-order valence-corrected chi connectivity index (χ3v) is 3.33. The van der Waals surface area contributed by atoms with E-state index in [-0.39, 0.29) is 0 Å². The highest BCUT2D eigenvalue weighted by atomic mass is 35.5. The van der Waals surface area contributed by atoms with Crippen LogP contribution >= 0.6 is 23.2 Å². The Hall–Kier alpha value is -1.52. The second kappa shape index (κ2) is 6.77. The molecule has 0 radical (unpaired) electrons. The summed E-state index contributed by atoms with van der Waals surface area (Å²) in [5.41, 5.74) is 1.09. The Bertz CT molecular complexity index is 575. The van der Waals surface area contributed by atoms with Gasteiger partial charge in [0.25, 0.3) is 0 Å². The van der Waals surface area contributed by atoms with Crippen LogP contribution in [0.3, 0.4) is 0 Å². The number of pyridine rings is 2. The lowest BCUT2D eigenvalue weighted by Gasteiger charge is -2.20. The molecule has 0 aliphatic carbocycles. The molecule has 0 atom stereocenters. The Balaban J connectivity index is 2.25. The zero-order chi connectivity index (χ0) is 14.5. The predicted octanol–water partition coefficient (Wildman–Crippen LogP) is 3.85. The molecular weight excluding hydrogens is 295 g/mol. The van der Waals surface area contributed by atoms with E-state index < -0.39 is 0 Å². The van der Waals surface area contributed by atoms with Crippen molar-refractivity contribution in [1.29, 1.82) is 0 Å². The molecule has 0 saturated carbocycles. The van der Waals surface area contributed by atoms with Gasteiger partial charge in [-0.05, 0) is 24.6 Å². The molecule has 2 rings (SSSR count). The van der Waals surface area contributed by atoms with Crippen LogP contribution in [0.1, 0.15) is 12.5 Å². The molecule has 0 aliphatic heterocycles. The van der Waals surface area contributed by atoms with Crippen LogP contribution in [0.5, 0.6) is 0 Å². The fraction of sp³-hybridized carbons (Fsp3) is 0.286. The van der Waals surface area contributed by atoms with Crippen molar-refractivity contribution in [3.05, 3.63) is 46.2 Å². The summed E-state index contributed by atoms with van der Waals surface area (Å²) in [5.74, 6) is 1.34. The molecule has 20 heavy (non-hydrogen) atoms. The standard InChI is InChI=1S/C14H16Cl2N4/c1-3-18-13-11(15)7-12(16)14(19-13)20(2)9-10-5-4-6-17-8-10/h4-8H,3,9H2,1-2H3,(H,18,19). The minimum absolute atomic E-state index is 0.523. The number of halogens is 2. The molecule has 106 valence electrons. The average Bonchev–Trinajstić information content (AvgIpc) is 2.43. The van der Waals surface area contributed by atoms with E-state index in [0.29, 0.717) is 28.2 Å². The van der Waals surface area contributed by atoms with Crippen molar-refractivity contribution in [3.8, 4) is 0 Å². The first-order chi connectivity index (χ1) is 9.61. The molecule has 0 bridgehead atoms. The van der Waals surface area contributed by atoms with Crippen molar-refractivity contribution in [2.24, 2.45) is 0 Å². The minimum Gasteiger partial charge on any atom is -0.369 e. The lowest BCUT2D eigenvalue weighted by atomic mass is 10.2. The van der Waals surface area contributed by atoms with E-state index in [2.05, 4.69) is 15.3 Å². The summed E-state index contributed by atoms with van der Waals surface area (Å²) in [6.07, 6.45) is 3.58.